The van der Waals surface area contributed by atoms with Crippen LogP contribution in [-0.2, 0) is 4.74 Å². The third kappa shape index (κ3) is 1.74. The normalized spacial score (nSPS) is 10.4. The Balaban J connectivity index is 2.75. The molecule has 2 rings (SSSR count). The molecule has 82 valence electrons. The fourth-order valence-corrected chi connectivity index (χ4v) is 1.90. The van der Waals surface area contributed by atoms with E-state index in [0.717, 1.165) is 9.86 Å². The van der Waals surface area contributed by atoms with Crippen molar-refractivity contribution < 1.29 is 9.53 Å². The van der Waals surface area contributed by atoms with Crippen molar-refractivity contribution in [3.8, 4) is 0 Å². The number of benzene rings is 1. The molecule has 0 spiro atoms. The first-order valence-corrected chi connectivity index (χ1v) is 5.36. The summed E-state index contributed by atoms with van der Waals surface area (Å²) >= 11 is 3.37. The second kappa shape index (κ2) is 4.09. The summed E-state index contributed by atoms with van der Waals surface area (Å²) in [6.45, 7) is 0. The highest BCUT2D eigenvalue weighted by molar-refractivity contribution is 9.10. The van der Waals surface area contributed by atoms with Gasteiger partial charge < -0.3 is 10.5 Å². The average molecular weight is 281 g/mol. The van der Waals surface area contributed by atoms with Crippen molar-refractivity contribution in [1.29, 1.82) is 0 Å². The van der Waals surface area contributed by atoms with E-state index in [1.54, 1.807) is 0 Å². The molecule has 0 fully saturated rings. The fraction of sp³-hybridized carbons (Fsp3) is 0.0909. The number of carbonyl (C=O) groups is 1. The number of pyridine rings is 1. The Bertz CT molecular complexity index is 569. The summed E-state index contributed by atoms with van der Waals surface area (Å²) in [7, 11) is 1.31. The maximum absolute atomic E-state index is 11.4. The molecule has 0 atom stereocenters. The number of fused-ring (bicyclic) bond motifs is 1. The number of carbonyl (C=O) groups excluding carboxylic acids is 1. The number of nitrogen functional groups attached to an aromatic ring is 1. The van der Waals surface area contributed by atoms with Crippen LogP contribution >= 0.6 is 15.9 Å². The van der Waals surface area contributed by atoms with Gasteiger partial charge in [0, 0.05) is 15.5 Å². The molecular formula is C11H9BrN2O2. The fourth-order valence-electron chi connectivity index (χ4n) is 1.45. The minimum absolute atomic E-state index is 0.208. The molecule has 0 aliphatic rings. The third-order valence-corrected chi connectivity index (χ3v) is 2.86. The Morgan fingerprint density at radius 3 is 2.94 bits per heavy atom. The van der Waals surface area contributed by atoms with E-state index in [4.69, 9.17) is 5.73 Å². The Morgan fingerprint density at radius 2 is 2.25 bits per heavy atom. The number of aromatic nitrogens is 1. The lowest BCUT2D eigenvalue weighted by Crippen LogP contribution is -2.05. The number of halogens is 1. The van der Waals surface area contributed by atoms with Crippen LogP contribution in [0.4, 0.5) is 5.69 Å². The topological polar surface area (TPSA) is 65.2 Å². The van der Waals surface area contributed by atoms with Gasteiger partial charge in [-0.3, -0.25) is 0 Å². The first-order chi connectivity index (χ1) is 7.63. The number of hydrogen-bond acceptors (Lipinski definition) is 4. The highest BCUT2D eigenvalue weighted by Crippen LogP contribution is 2.26. The third-order valence-electron chi connectivity index (χ3n) is 2.22. The van der Waals surface area contributed by atoms with E-state index >= 15 is 0 Å². The van der Waals surface area contributed by atoms with E-state index in [1.807, 2.05) is 18.2 Å². The molecule has 0 unspecified atom stereocenters. The molecule has 0 amide bonds. The monoisotopic (exact) mass is 280 g/mol. The molecule has 16 heavy (non-hydrogen) atoms. The van der Waals surface area contributed by atoms with Gasteiger partial charge in [0.25, 0.3) is 0 Å². The molecule has 1 aromatic carbocycles. The average Bonchev–Trinajstić information content (AvgIpc) is 2.29. The molecule has 4 nitrogen and oxygen atoms in total. The number of nitrogens with zero attached hydrogens (tertiary/aromatic N) is 1. The summed E-state index contributed by atoms with van der Waals surface area (Å²) in [5.41, 5.74) is 7.22. The van der Waals surface area contributed by atoms with Crippen LogP contribution in [0.25, 0.3) is 10.9 Å². The molecular weight excluding hydrogens is 272 g/mol. The van der Waals surface area contributed by atoms with E-state index < -0.39 is 5.97 Å². The lowest BCUT2D eigenvalue weighted by Gasteiger charge is -2.06. The minimum Gasteiger partial charge on any atom is -0.464 e. The number of methoxy groups -OCH3 is 1. The molecule has 0 saturated heterocycles. The number of para-hydroxylation sites is 1. The zero-order valence-electron chi connectivity index (χ0n) is 8.53. The lowest BCUT2D eigenvalue weighted by atomic mass is 10.1. The van der Waals surface area contributed by atoms with Crippen molar-refractivity contribution in [2.75, 3.05) is 12.8 Å². The van der Waals surface area contributed by atoms with Gasteiger partial charge in [-0.15, -0.1) is 0 Å². The molecule has 1 aromatic heterocycles. The minimum atomic E-state index is -0.496. The summed E-state index contributed by atoms with van der Waals surface area (Å²) in [5.74, 6) is -0.496. The van der Waals surface area contributed by atoms with Crippen molar-refractivity contribution >= 4 is 38.5 Å². The Hall–Kier alpha value is -1.62. The van der Waals surface area contributed by atoms with Crippen molar-refractivity contribution in [3.63, 3.8) is 0 Å². The van der Waals surface area contributed by atoms with Gasteiger partial charge in [0.15, 0.2) is 5.69 Å². The lowest BCUT2D eigenvalue weighted by molar-refractivity contribution is 0.0594. The molecule has 1 heterocycles. The van der Waals surface area contributed by atoms with Crippen molar-refractivity contribution in [3.05, 3.63) is 34.4 Å². The largest absolute Gasteiger partial charge is 0.464 e. The zero-order valence-corrected chi connectivity index (χ0v) is 10.1. The smallest absolute Gasteiger partial charge is 0.356 e. The quantitative estimate of drug-likeness (QED) is 0.815. The van der Waals surface area contributed by atoms with Gasteiger partial charge in [-0.2, -0.15) is 0 Å². The van der Waals surface area contributed by atoms with Crippen LogP contribution in [0, 0.1) is 0 Å². The van der Waals surface area contributed by atoms with E-state index in [0.29, 0.717) is 11.2 Å². The second-order valence-electron chi connectivity index (χ2n) is 3.22. The summed E-state index contributed by atoms with van der Waals surface area (Å²) in [4.78, 5) is 15.6. The number of anilines is 1. The molecule has 2 aromatic rings. The zero-order chi connectivity index (χ0) is 11.7. The Labute approximate surface area is 101 Å². The number of esters is 1. The van der Waals surface area contributed by atoms with Crippen LogP contribution in [0.3, 0.4) is 0 Å². The molecule has 0 bridgehead atoms. The molecule has 0 saturated carbocycles. The van der Waals surface area contributed by atoms with E-state index in [2.05, 4.69) is 25.7 Å². The number of ether oxygens (including phenoxy) is 1. The SMILES string of the molecule is COC(=O)c1cc(N)c2cccc(Br)c2n1. The Morgan fingerprint density at radius 1 is 1.50 bits per heavy atom. The van der Waals surface area contributed by atoms with E-state index in [9.17, 15) is 4.79 Å². The number of hydrogen-bond donors (Lipinski definition) is 1. The predicted octanol–water partition coefficient (Wildman–Crippen LogP) is 2.37. The molecule has 5 heteroatoms. The molecule has 0 aliphatic heterocycles. The van der Waals surface area contributed by atoms with Gasteiger partial charge in [-0.05, 0) is 28.1 Å². The van der Waals surface area contributed by atoms with Gasteiger partial charge in [0.05, 0.1) is 12.6 Å². The van der Waals surface area contributed by atoms with Gasteiger partial charge in [-0.1, -0.05) is 12.1 Å². The summed E-state index contributed by atoms with van der Waals surface area (Å²) in [6.07, 6.45) is 0. The van der Waals surface area contributed by atoms with Crippen molar-refractivity contribution in [1.82, 2.24) is 4.98 Å². The van der Waals surface area contributed by atoms with Crippen LogP contribution in [-0.4, -0.2) is 18.1 Å². The van der Waals surface area contributed by atoms with Crippen LogP contribution in [0.15, 0.2) is 28.7 Å². The van der Waals surface area contributed by atoms with Crippen LogP contribution in [0.2, 0.25) is 0 Å². The molecule has 0 aliphatic carbocycles. The summed E-state index contributed by atoms with van der Waals surface area (Å²) in [6, 6.07) is 7.07. The second-order valence-corrected chi connectivity index (χ2v) is 4.08. The number of nitrogens with two attached hydrogens (primary N) is 1. The first kappa shape index (κ1) is 10.9. The first-order valence-electron chi connectivity index (χ1n) is 4.56. The van der Waals surface area contributed by atoms with Gasteiger partial charge in [-0.25, -0.2) is 9.78 Å². The standard InChI is InChI=1S/C11H9BrN2O2/c1-16-11(15)9-5-8(13)6-3-2-4-7(12)10(6)14-9/h2-5H,1H3,(H2,13,14). The highest BCUT2D eigenvalue weighted by atomic mass is 79.9. The van der Waals surface area contributed by atoms with Crippen LogP contribution in [0.5, 0.6) is 0 Å². The predicted molar refractivity (Wildman–Crippen MR) is 65.2 cm³/mol. The van der Waals surface area contributed by atoms with E-state index in [-0.39, 0.29) is 5.69 Å². The van der Waals surface area contributed by atoms with Gasteiger partial charge >= 0.3 is 5.97 Å². The Kier molecular flexibility index (Phi) is 2.78. The van der Waals surface area contributed by atoms with Gasteiger partial charge in [0.1, 0.15) is 0 Å². The van der Waals surface area contributed by atoms with Gasteiger partial charge in [0.2, 0.25) is 0 Å². The van der Waals surface area contributed by atoms with E-state index in [1.165, 1.54) is 13.2 Å². The molecule has 2 N–H and O–H groups in total. The van der Waals surface area contributed by atoms with Crippen LogP contribution in [0.1, 0.15) is 10.5 Å². The maximum Gasteiger partial charge on any atom is 0.356 e. The van der Waals surface area contributed by atoms with Crippen molar-refractivity contribution in [2.24, 2.45) is 0 Å². The summed E-state index contributed by atoms with van der Waals surface area (Å²) in [5, 5.41) is 0.807. The highest BCUT2D eigenvalue weighted by Gasteiger charge is 2.12. The number of rotatable bonds is 1. The molecule has 0 radical (unpaired) electrons. The van der Waals surface area contributed by atoms with Crippen LogP contribution < -0.4 is 5.73 Å². The van der Waals surface area contributed by atoms with Crippen molar-refractivity contribution in [2.45, 2.75) is 0 Å². The summed E-state index contributed by atoms with van der Waals surface area (Å²) < 4.78 is 5.40. The maximum atomic E-state index is 11.4.